The molecule has 0 fully saturated rings. The normalized spacial score (nSPS) is 10.0. The summed E-state index contributed by atoms with van der Waals surface area (Å²) in [7, 11) is 0. The number of rotatable bonds is 3. The number of benzene rings is 1. The van der Waals surface area contributed by atoms with Gasteiger partial charge in [0, 0.05) is 20.7 Å². The minimum absolute atomic E-state index is 0.517. The second kappa shape index (κ2) is 4.39. The summed E-state index contributed by atoms with van der Waals surface area (Å²) in [5.41, 5.74) is 5.87. The third kappa shape index (κ3) is 2.02. The molecule has 4 heteroatoms. The quantitative estimate of drug-likeness (QED) is 0.745. The van der Waals surface area contributed by atoms with Crippen LogP contribution in [0.15, 0.2) is 29.6 Å². The standard InChI is InChI=1S/C10H7NOS2/c12-14-5-8-1-3-9(4-2-8)10-6-13-7-11-10/h1-4,6H,5H2/q+1. The fraction of sp³-hybridized carbons (Fsp3) is 0.100. The van der Waals surface area contributed by atoms with Gasteiger partial charge in [0.1, 0.15) is 0 Å². The number of hydrogen-bond donors (Lipinski definition) is 0. The van der Waals surface area contributed by atoms with Crippen LogP contribution in [0.5, 0.6) is 0 Å². The molecule has 0 atom stereocenters. The number of aromatic nitrogens is 1. The maximum atomic E-state index is 10.3. The Morgan fingerprint density at radius 1 is 1.36 bits per heavy atom. The molecule has 0 bridgehead atoms. The van der Waals surface area contributed by atoms with E-state index in [0.29, 0.717) is 17.4 Å². The van der Waals surface area contributed by atoms with Crippen LogP contribution in [0.3, 0.4) is 0 Å². The molecule has 1 aromatic carbocycles. The summed E-state index contributed by atoms with van der Waals surface area (Å²) in [4.78, 5) is 4.09. The van der Waals surface area contributed by atoms with Gasteiger partial charge in [-0.25, -0.2) is 4.98 Å². The van der Waals surface area contributed by atoms with Gasteiger partial charge in [0.25, 0.3) is 5.75 Å². The van der Waals surface area contributed by atoms with Crippen LogP contribution in [0.25, 0.3) is 11.3 Å². The zero-order valence-corrected chi connectivity index (χ0v) is 8.90. The maximum Gasteiger partial charge on any atom is 0.463 e. The molecule has 1 heterocycles. The highest BCUT2D eigenvalue weighted by atomic mass is 32.1. The molecule has 0 spiro atoms. The number of nitrogens with zero attached hydrogens (tertiary/aromatic N) is 1. The average molecular weight is 221 g/mol. The lowest BCUT2D eigenvalue weighted by Crippen LogP contribution is -1.82. The lowest BCUT2D eigenvalue weighted by atomic mass is 10.1. The van der Waals surface area contributed by atoms with Crippen LogP contribution in [0, 0.1) is 5.51 Å². The monoisotopic (exact) mass is 221 g/mol. The fourth-order valence-corrected chi connectivity index (χ4v) is 1.99. The van der Waals surface area contributed by atoms with Gasteiger partial charge in [-0.2, -0.15) is 0 Å². The molecule has 0 aliphatic rings. The van der Waals surface area contributed by atoms with Crippen LogP contribution in [-0.4, -0.2) is 4.98 Å². The van der Waals surface area contributed by atoms with E-state index in [0.717, 1.165) is 16.8 Å². The minimum atomic E-state index is 0.517. The zero-order valence-electron chi connectivity index (χ0n) is 7.27. The molecule has 0 aliphatic carbocycles. The molecule has 14 heavy (non-hydrogen) atoms. The summed E-state index contributed by atoms with van der Waals surface area (Å²) in [6, 6.07) is 7.88. The highest BCUT2D eigenvalue weighted by molar-refractivity contribution is 7.64. The molecule has 0 saturated heterocycles. The van der Waals surface area contributed by atoms with E-state index in [1.165, 1.54) is 11.3 Å². The second-order valence-corrected chi connectivity index (χ2v) is 3.96. The molecule has 0 N–H and O–H groups in total. The van der Waals surface area contributed by atoms with Crippen molar-refractivity contribution in [1.82, 2.24) is 4.98 Å². The van der Waals surface area contributed by atoms with Crippen LogP contribution in [-0.2, 0) is 21.6 Å². The summed E-state index contributed by atoms with van der Waals surface area (Å²) in [6.45, 7) is 0. The van der Waals surface area contributed by atoms with Crippen LogP contribution >= 0.6 is 11.3 Å². The summed E-state index contributed by atoms with van der Waals surface area (Å²) in [5.74, 6) is 0.517. The maximum absolute atomic E-state index is 10.3. The van der Waals surface area contributed by atoms with Gasteiger partial charge in [-0.3, -0.25) is 0 Å². The summed E-state index contributed by atoms with van der Waals surface area (Å²) in [5, 5.41) is 1.96. The molecule has 0 saturated carbocycles. The fourth-order valence-electron chi connectivity index (χ4n) is 1.16. The third-order valence-corrected chi connectivity index (χ3v) is 2.85. The summed E-state index contributed by atoms with van der Waals surface area (Å²) >= 11 is 2.05. The van der Waals surface area contributed by atoms with Crippen molar-refractivity contribution in [1.29, 1.82) is 0 Å². The molecule has 2 nitrogen and oxygen atoms in total. The van der Waals surface area contributed by atoms with Gasteiger partial charge in [0.2, 0.25) is 0 Å². The highest BCUT2D eigenvalue weighted by Crippen LogP contribution is 2.19. The molecule has 1 radical (unpaired) electrons. The van der Waals surface area contributed by atoms with E-state index >= 15 is 0 Å². The van der Waals surface area contributed by atoms with Crippen molar-refractivity contribution in [2.45, 2.75) is 5.75 Å². The molecular formula is C10H7NOS2+. The van der Waals surface area contributed by atoms with E-state index in [4.69, 9.17) is 0 Å². The Bertz CT molecular complexity index is 408. The lowest BCUT2D eigenvalue weighted by molar-refractivity contribution is 0.604. The molecular weight excluding hydrogens is 214 g/mol. The van der Waals surface area contributed by atoms with Crippen LogP contribution in [0.1, 0.15) is 5.56 Å². The van der Waals surface area contributed by atoms with Crippen molar-refractivity contribution in [2.75, 3.05) is 0 Å². The van der Waals surface area contributed by atoms with Crippen molar-refractivity contribution in [3.05, 3.63) is 40.7 Å². The Labute approximate surface area is 90.1 Å². The molecule has 69 valence electrons. The zero-order chi connectivity index (χ0) is 9.80. The van der Waals surface area contributed by atoms with Gasteiger partial charge in [-0.1, -0.05) is 24.3 Å². The predicted molar refractivity (Wildman–Crippen MR) is 58.1 cm³/mol. The van der Waals surface area contributed by atoms with E-state index in [-0.39, 0.29) is 0 Å². The lowest BCUT2D eigenvalue weighted by Gasteiger charge is -1.95. The first-order chi connectivity index (χ1) is 6.90. The third-order valence-electron chi connectivity index (χ3n) is 1.86. The SMILES string of the molecule is O=[S+]Cc1ccc(-c2cs[c]n2)cc1. The van der Waals surface area contributed by atoms with Crippen molar-refractivity contribution in [2.24, 2.45) is 0 Å². The first-order valence-corrected chi connectivity index (χ1v) is 5.85. The summed E-state index contributed by atoms with van der Waals surface area (Å²) < 4.78 is 10.3. The van der Waals surface area contributed by atoms with Crippen molar-refractivity contribution >= 4 is 23.0 Å². The van der Waals surface area contributed by atoms with E-state index in [1.54, 1.807) is 0 Å². The van der Waals surface area contributed by atoms with Gasteiger partial charge in [0.05, 0.1) is 5.69 Å². The Kier molecular flexibility index (Phi) is 2.96. The van der Waals surface area contributed by atoms with E-state index in [9.17, 15) is 4.21 Å². The van der Waals surface area contributed by atoms with E-state index in [2.05, 4.69) is 10.5 Å². The Balaban J connectivity index is 2.26. The average Bonchev–Trinajstić information content (AvgIpc) is 2.72. The topological polar surface area (TPSA) is 30.0 Å². The van der Waals surface area contributed by atoms with Crippen LogP contribution in [0.4, 0.5) is 0 Å². The smallest absolute Gasteiger partial charge is 0.233 e. The van der Waals surface area contributed by atoms with E-state index in [1.807, 2.05) is 29.6 Å². The second-order valence-electron chi connectivity index (χ2n) is 2.78. The predicted octanol–water partition coefficient (Wildman–Crippen LogP) is 2.54. The summed E-state index contributed by atoms with van der Waals surface area (Å²) in [6.07, 6.45) is 0. The van der Waals surface area contributed by atoms with Crippen LogP contribution < -0.4 is 0 Å². The minimum Gasteiger partial charge on any atom is -0.233 e. The highest BCUT2D eigenvalue weighted by Gasteiger charge is 2.03. The molecule has 0 amide bonds. The Hall–Kier alpha value is -1.13. The van der Waals surface area contributed by atoms with Crippen molar-refractivity contribution in [3.63, 3.8) is 0 Å². The Morgan fingerprint density at radius 2 is 2.14 bits per heavy atom. The Morgan fingerprint density at radius 3 is 2.71 bits per heavy atom. The van der Waals surface area contributed by atoms with Crippen molar-refractivity contribution < 1.29 is 4.21 Å². The molecule has 2 rings (SSSR count). The van der Waals surface area contributed by atoms with Crippen LogP contribution in [0.2, 0.25) is 0 Å². The molecule has 2 aromatic rings. The van der Waals surface area contributed by atoms with Gasteiger partial charge in [-0.15, -0.1) is 11.3 Å². The molecule has 0 unspecified atom stereocenters. The largest absolute Gasteiger partial charge is 0.463 e. The van der Waals surface area contributed by atoms with Gasteiger partial charge >= 0.3 is 11.7 Å². The van der Waals surface area contributed by atoms with Crippen molar-refractivity contribution in [3.8, 4) is 11.3 Å². The number of thiazole rings is 1. The molecule has 1 aromatic heterocycles. The van der Waals surface area contributed by atoms with Gasteiger partial charge < -0.3 is 0 Å². The van der Waals surface area contributed by atoms with Gasteiger partial charge in [-0.05, 0) is 0 Å². The first kappa shape index (κ1) is 9.43. The first-order valence-electron chi connectivity index (χ1n) is 4.06. The van der Waals surface area contributed by atoms with Gasteiger partial charge in [0.15, 0.2) is 5.51 Å². The number of hydrogen-bond acceptors (Lipinski definition) is 3. The van der Waals surface area contributed by atoms with E-state index < -0.39 is 0 Å². The molecule has 0 aliphatic heterocycles.